The van der Waals surface area contributed by atoms with Crippen molar-refractivity contribution in [3.63, 3.8) is 0 Å². The van der Waals surface area contributed by atoms with Gasteiger partial charge in [0.1, 0.15) is 0 Å². The van der Waals surface area contributed by atoms with Gasteiger partial charge in [0.05, 0.1) is 5.75 Å². The summed E-state index contributed by atoms with van der Waals surface area (Å²) in [6.45, 7) is 8.08. The van der Waals surface area contributed by atoms with Gasteiger partial charge in [0, 0.05) is 19.1 Å². The van der Waals surface area contributed by atoms with E-state index in [0.29, 0.717) is 10.9 Å². The summed E-state index contributed by atoms with van der Waals surface area (Å²) in [5.74, 6) is 0.480. The van der Waals surface area contributed by atoms with Crippen LogP contribution >= 0.6 is 11.8 Å². The van der Waals surface area contributed by atoms with Crippen LogP contribution in [0, 0.1) is 0 Å². The van der Waals surface area contributed by atoms with Crippen LogP contribution in [0.2, 0.25) is 0 Å². The minimum Gasteiger partial charge on any atom is -0.337 e. The molecule has 0 aliphatic rings. The number of aromatic nitrogens is 4. The number of nitrogens with zero attached hydrogens (tertiary/aromatic N) is 5. The molecule has 1 aromatic heterocycles. The number of tetrazole rings is 1. The van der Waals surface area contributed by atoms with Crippen molar-refractivity contribution in [1.82, 2.24) is 25.1 Å². The summed E-state index contributed by atoms with van der Waals surface area (Å²) in [7, 11) is 1.76. The summed E-state index contributed by atoms with van der Waals surface area (Å²) in [5, 5.41) is 11.7. The molecule has 0 aliphatic carbocycles. The van der Waals surface area contributed by atoms with Crippen molar-refractivity contribution in [1.29, 1.82) is 0 Å². The highest BCUT2D eigenvalue weighted by Crippen LogP contribution is 2.15. The maximum absolute atomic E-state index is 12.1. The van der Waals surface area contributed by atoms with Crippen LogP contribution in [0.3, 0.4) is 0 Å². The molecule has 1 aromatic rings. The monoisotopic (exact) mass is 257 g/mol. The Hall–Kier alpha value is -1.11. The van der Waals surface area contributed by atoms with Crippen LogP contribution < -0.4 is 0 Å². The second-order valence-corrected chi connectivity index (χ2v) is 5.30. The van der Waals surface area contributed by atoms with Crippen LogP contribution in [-0.2, 0) is 11.8 Å². The Bertz CT molecular complexity index is 369. The lowest BCUT2D eigenvalue weighted by atomic mass is 10.2. The van der Waals surface area contributed by atoms with Crippen molar-refractivity contribution < 1.29 is 4.79 Å². The molecule has 0 aromatic carbocycles. The van der Waals surface area contributed by atoms with Gasteiger partial charge in [-0.25, -0.2) is 4.68 Å². The summed E-state index contributed by atoms with van der Waals surface area (Å²) in [5.41, 5.74) is 0. The lowest BCUT2D eigenvalue weighted by molar-refractivity contribution is -0.131. The van der Waals surface area contributed by atoms with E-state index in [1.165, 1.54) is 11.8 Å². The topological polar surface area (TPSA) is 63.9 Å². The van der Waals surface area contributed by atoms with E-state index in [4.69, 9.17) is 0 Å². The maximum atomic E-state index is 12.1. The van der Waals surface area contributed by atoms with Crippen molar-refractivity contribution >= 4 is 17.7 Å². The second kappa shape index (κ2) is 6.00. The predicted molar refractivity (Wildman–Crippen MR) is 66.6 cm³/mol. The molecule has 0 N–H and O–H groups in total. The number of thioether (sulfide) groups is 1. The summed E-state index contributed by atoms with van der Waals surface area (Å²) in [4.78, 5) is 13.9. The van der Waals surface area contributed by atoms with E-state index in [1.54, 1.807) is 11.7 Å². The van der Waals surface area contributed by atoms with Crippen molar-refractivity contribution in [2.45, 2.75) is 44.9 Å². The quantitative estimate of drug-likeness (QED) is 0.735. The van der Waals surface area contributed by atoms with E-state index < -0.39 is 0 Å². The molecule has 17 heavy (non-hydrogen) atoms. The molecule has 1 rings (SSSR count). The molecule has 0 atom stereocenters. The smallest absolute Gasteiger partial charge is 0.233 e. The number of rotatable bonds is 5. The third-order valence-corrected chi connectivity index (χ3v) is 3.30. The van der Waals surface area contributed by atoms with Gasteiger partial charge < -0.3 is 4.90 Å². The third-order valence-electron chi connectivity index (χ3n) is 2.31. The first-order valence-electron chi connectivity index (χ1n) is 5.59. The molecule has 0 aliphatic heterocycles. The SMILES string of the molecule is CC(C)N(C(=O)CSc1nnnn1C)C(C)C. The van der Waals surface area contributed by atoms with Crippen LogP contribution in [-0.4, -0.2) is 48.9 Å². The molecule has 0 bridgehead atoms. The van der Waals surface area contributed by atoms with Crippen molar-refractivity contribution in [2.24, 2.45) is 7.05 Å². The zero-order chi connectivity index (χ0) is 13.0. The van der Waals surface area contributed by atoms with E-state index in [-0.39, 0.29) is 18.0 Å². The minimum atomic E-state index is 0.114. The lowest BCUT2D eigenvalue weighted by Crippen LogP contribution is -2.43. The summed E-state index contributed by atoms with van der Waals surface area (Å²) in [6, 6.07) is 0.418. The van der Waals surface area contributed by atoms with Crippen molar-refractivity contribution in [3.8, 4) is 0 Å². The molecule has 0 fully saturated rings. The van der Waals surface area contributed by atoms with Gasteiger partial charge >= 0.3 is 0 Å². The highest BCUT2D eigenvalue weighted by Gasteiger charge is 2.20. The lowest BCUT2D eigenvalue weighted by Gasteiger charge is -2.30. The standard InChI is InChI=1S/C10H19N5OS/c1-7(2)15(8(3)4)9(16)6-17-10-11-12-13-14(10)5/h7-8H,6H2,1-5H3. The third kappa shape index (κ3) is 3.69. The van der Waals surface area contributed by atoms with E-state index >= 15 is 0 Å². The molecule has 0 saturated heterocycles. The fourth-order valence-corrected chi connectivity index (χ4v) is 2.44. The number of amides is 1. The van der Waals surface area contributed by atoms with Gasteiger partial charge in [0.15, 0.2) is 0 Å². The number of hydrogen-bond acceptors (Lipinski definition) is 5. The molecule has 0 unspecified atom stereocenters. The molecule has 1 heterocycles. The highest BCUT2D eigenvalue weighted by atomic mass is 32.2. The van der Waals surface area contributed by atoms with E-state index in [9.17, 15) is 4.79 Å². The number of carbonyl (C=O) groups excluding carboxylic acids is 1. The number of carbonyl (C=O) groups is 1. The van der Waals surface area contributed by atoms with Gasteiger partial charge in [-0.2, -0.15) is 0 Å². The fourth-order valence-electron chi connectivity index (χ4n) is 1.72. The Kier molecular flexibility index (Phi) is 4.92. The summed E-state index contributed by atoms with van der Waals surface area (Å²) < 4.78 is 1.56. The molecule has 6 nitrogen and oxygen atoms in total. The molecule has 7 heteroatoms. The van der Waals surface area contributed by atoms with E-state index in [0.717, 1.165) is 0 Å². The zero-order valence-electron chi connectivity index (χ0n) is 10.9. The normalized spacial score (nSPS) is 11.2. The van der Waals surface area contributed by atoms with E-state index in [2.05, 4.69) is 15.5 Å². The van der Waals surface area contributed by atoms with Gasteiger partial charge in [-0.05, 0) is 38.1 Å². The highest BCUT2D eigenvalue weighted by molar-refractivity contribution is 7.99. The molecule has 0 radical (unpaired) electrons. The molecule has 96 valence electrons. The number of hydrogen-bond donors (Lipinski definition) is 0. The Morgan fingerprint density at radius 1 is 1.35 bits per heavy atom. The van der Waals surface area contributed by atoms with Crippen LogP contribution in [0.15, 0.2) is 5.16 Å². The van der Waals surface area contributed by atoms with Gasteiger partial charge in [0.25, 0.3) is 0 Å². The number of aryl methyl sites for hydroxylation is 1. The minimum absolute atomic E-state index is 0.114. The largest absolute Gasteiger partial charge is 0.337 e. The first kappa shape index (κ1) is 14.0. The average molecular weight is 257 g/mol. The Morgan fingerprint density at radius 2 is 1.94 bits per heavy atom. The molecular formula is C10H19N5OS. The van der Waals surface area contributed by atoms with Gasteiger partial charge in [-0.15, -0.1) is 5.10 Å². The fraction of sp³-hybridized carbons (Fsp3) is 0.800. The Balaban J connectivity index is 2.57. The maximum Gasteiger partial charge on any atom is 0.233 e. The van der Waals surface area contributed by atoms with Crippen LogP contribution in [0.5, 0.6) is 0 Å². The Morgan fingerprint density at radius 3 is 2.35 bits per heavy atom. The Labute approximate surface area is 106 Å². The first-order chi connectivity index (χ1) is 7.93. The van der Waals surface area contributed by atoms with Gasteiger partial charge in [0.2, 0.25) is 11.1 Å². The first-order valence-corrected chi connectivity index (χ1v) is 6.58. The molecule has 0 spiro atoms. The molecule has 0 saturated carbocycles. The predicted octanol–water partition coefficient (Wildman–Crippen LogP) is 0.948. The molecular weight excluding hydrogens is 238 g/mol. The summed E-state index contributed by atoms with van der Waals surface area (Å²) in [6.07, 6.45) is 0. The van der Waals surface area contributed by atoms with Crippen molar-refractivity contribution in [2.75, 3.05) is 5.75 Å². The average Bonchev–Trinajstić information content (AvgIpc) is 2.59. The van der Waals surface area contributed by atoms with Crippen molar-refractivity contribution in [3.05, 3.63) is 0 Å². The summed E-state index contributed by atoms with van der Waals surface area (Å²) >= 11 is 1.36. The van der Waals surface area contributed by atoms with E-state index in [1.807, 2.05) is 32.6 Å². The van der Waals surface area contributed by atoms with Gasteiger partial charge in [-0.3, -0.25) is 4.79 Å². The van der Waals surface area contributed by atoms with Crippen LogP contribution in [0.25, 0.3) is 0 Å². The molecule has 1 amide bonds. The van der Waals surface area contributed by atoms with Crippen LogP contribution in [0.1, 0.15) is 27.7 Å². The zero-order valence-corrected chi connectivity index (χ0v) is 11.7. The van der Waals surface area contributed by atoms with Crippen LogP contribution in [0.4, 0.5) is 0 Å². The second-order valence-electron chi connectivity index (χ2n) is 4.36. The van der Waals surface area contributed by atoms with Gasteiger partial charge in [-0.1, -0.05) is 11.8 Å².